The van der Waals surface area contributed by atoms with Crippen molar-refractivity contribution in [3.8, 4) is 0 Å². The average molecular weight is 135 g/mol. The van der Waals surface area contributed by atoms with Gasteiger partial charge in [0.1, 0.15) is 0 Å². The fourth-order valence-corrected chi connectivity index (χ4v) is 1.18. The number of rotatable bonds is 2. The second-order valence-electron chi connectivity index (χ2n) is 2.22. The lowest BCUT2D eigenvalue weighted by atomic mass is 10.5. The summed E-state index contributed by atoms with van der Waals surface area (Å²) >= 11 is 5.76. The van der Waals surface area contributed by atoms with E-state index in [0.29, 0.717) is 12.0 Å². The van der Waals surface area contributed by atoms with Gasteiger partial charge in [0.05, 0.1) is 11.5 Å². The molecule has 0 aromatic carbocycles. The molecule has 0 bridgehead atoms. The van der Waals surface area contributed by atoms with Gasteiger partial charge in [0.25, 0.3) is 0 Å². The van der Waals surface area contributed by atoms with Gasteiger partial charge in [-0.1, -0.05) is 6.92 Å². The second kappa shape index (κ2) is 2.24. The van der Waals surface area contributed by atoms with Crippen LogP contribution in [0.25, 0.3) is 0 Å². The predicted molar refractivity (Wildman–Crippen MR) is 34.2 cm³/mol. The van der Waals surface area contributed by atoms with Crippen molar-refractivity contribution in [2.45, 2.75) is 25.3 Å². The Hall–Kier alpha value is 0.250. The third kappa shape index (κ3) is 0.981. The first-order chi connectivity index (χ1) is 3.77. The molecule has 1 aliphatic carbocycles. The first-order valence-electron chi connectivity index (χ1n) is 3.03. The average Bonchev–Trinajstić information content (AvgIpc) is 2.25. The maximum absolute atomic E-state index is 5.76. The zero-order valence-electron chi connectivity index (χ0n) is 5.23. The van der Waals surface area contributed by atoms with Crippen LogP contribution in [0.5, 0.6) is 0 Å². The van der Waals surface area contributed by atoms with Gasteiger partial charge in [0.2, 0.25) is 0 Å². The highest BCUT2D eigenvalue weighted by molar-refractivity contribution is 6.23. The Morgan fingerprint density at radius 2 is 2.12 bits per heavy atom. The lowest BCUT2D eigenvalue weighted by Gasteiger charge is -1.92. The molecular formula is C6H11ClO. The standard InChI is InChI=1S/C6H11ClO/c1-3-8-6-4(2)5(6)7/h4-6H,3H2,1-2H3/t4-,5-,6-/m1/s1. The SMILES string of the molecule is CCO[C@@H]1[C@H](C)[C@H]1Cl. The molecule has 1 nitrogen and oxygen atoms in total. The number of alkyl halides is 1. The second-order valence-corrected chi connectivity index (χ2v) is 2.73. The molecule has 0 radical (unpaired) electrons. The van der Waals surface area contributed by atoms with Crippen molar-refractivity contribution in [2.75, 3.05) is 6.61 Å². The zero-order chi connectivity index (χ0) is 6.15. The van der Waals surface area contributed by atoms with Crippen molar-refractivity contribution in [1.29, 1.82) is 0 Å². The molecule has 2 heteroatoms. The number of halogens is 1. The Morgan fingerprint density at radius 1 is 1.62 bits per heavy atom. The van der Waals surface area contributed by atoms with E-state index < -0.39 is 0 Å². The van der Waals surface area contributed by atoms with E-state index in [1.54, 1.807) is 0 Å². The fraction of sp³-hybridized carbons (Fsp3) is 1.00. The van der Waals surface area contributed by atoms with Crippen molar-refractivity contribution in [1.82, 2.24) is 0 Å². The van der Waals surface area contributed by atoms with Gasteiger partial charge in [-0.25, -0.2) is 0 Å². The summed E-state index contributed by atoms with van der Waals surface area (Å²) in [6.45, 7) is 4.89. The van der Waals surface area contributed by atoms with Crippen molar-refractivity contribution in [3.05, 3.63) is 0 Å². The van der Waals surface area contributed by atoms with Gasteiger partial charge in [-0.05, 0) is 6.92 Å². The Morgan fingerprint density at radius 3 is 2.25 bits per heavy atom. The van der Waals surface area contributed by atoms with Gasteiger partial charge in [-0.15, -0.1) is 11.6 Å². The minimum atomic E-state index is 0.287. The monoisotopic (exact) mass is 134 g/mol. The first-order valence-corrected chi connectivity index (χ1v) is 3.46. The van der Waals surface area contributed by atoms with Crippen molar-refractivity contribution in [2.24, 2.45) is 5.92 Å². The lowest BCUT2D eigenvalue weighted by molar-refractivity contribution is 0.124. The molecule has 0 spiro atoms. The smallest absolute Gasteiger partial charge is 0.0782 e. The fourth-order valence-electron chi connectivity index (χ4n) is 0.816. The molecule has 8 heavy (non-hydrogen) atoms. The van der Waals surface area contributed by atoms with E-state index >= 15 is 0 Å². The summed E-state index contributed by atoms with van der Waals surface area (Å²) in [7, 11) is 0. The van der Waals surface area contributed by atoms with Crippen LogP contribution in [-0.4, -0.2) is 18.1 Å². The minimum Gasteiger partial charge on any atom is -0.377 e. The quantitative estimate of drug-likeness (QED) is 0.522. The molecule has 1 aliphatic rings. The number of ether oxygens (including phenoxy) is 1. The highest BCUT2D eigenvalue weighted by atomic mass is 35.5. The molecule has 3 atom stereocenters. The molecule has 1 saturated carbocycles. The molecule has 1 fully saturated rings. The molecule has 0 amide bonds. The van der Waals surface area contributed by atoms with Crippen molar-refractivity contribution in [3.63, 3.8) is 0 Å². The third-order valence-corrected chi connectivity index (χ3v) is 2.20. The summed E-state index contributed by atoms with van der Waals surface area (Å²) in [6.07, 6.45) is 0.349. The summed E-state index contributed by atoms with van der Waals surface area (Å²) in [4.78, 5) is 0. The lowest BCUT2D eigenvalue weighted by Crippen LogP contribution is -1.95. The predicted octanol–water partition coefficient (Wildman–Crippen LogP) is 1.65. The van der Waals surface area contributed by atoms with E-state index in [-0.39, 0.29) is 5.38 Å². The largest absolute Gasteiger partial charge is 0.377 e. The van der Waals surface area contributed by atoms with Crippen molar-refractivity contribution >= 4 is 11.6 Å². The van der Waals surface area contributed by atoms with Gasteiger partial charge in [-0.2, -0.15) is 0 Å². The van der Waals surface area contributed by atoms with Gasteiger partial charge in [0, 0.05) is 12.5 Å². The Balaban J connectivity index is 2.13. The maximum atomic E-state index is 5.76. The van der Waals surface area contributed by atoms with Crippen LogP contribution in [0.2, 0.25) is 0 Å². The van der Waals surface area contributed by atoms with Gasteiger partial charge < -0.3 is 4.74 Å². The number of hydrogen-bond donors (Lipinski definition) is 0. The molecule has 0 heterocycles. The normalized spacial score (nSPS) is 44.6. The number of hydrogen-bond acceptors (Lipinski definition) is 1. The van der Waals surface area contributed by atoms with Crippen LogP contribution in [0.3, 0.4) is 0 Å². The summed E-state index contributed by atoms with van der Waals surface area (Å²) in [5, 5.41) is 0.287. The van der Waals surface area contributed by atoms with Crippen LogP contribution in [0.1, 0.15) is 13.8 Å². The summed E-state index contributed by atoms with van der Waals surface area (Å²) in [5.41, 5.74) is 0. The maximum Gasteiger partial charge on any atom is 0.0782 e. The highest BCUT2D eigenvalue weighted by Gasteiger charge is 2.46. The van der Waals surface area contributed by atoms with Crippen molar-refractivity contribution < 1.29 is 4.74 Å². The van der Waals surface area contributed by atoms with Crippen LogP contribution < -0.4 is 0 Å². The molecule has 0 aliphatic heterocycles. The molecule has 0 saturated heterocycles. The van der Waals surface area contributed by atoms with Gasteiger partial charge in [-0.3, -0.25) is 0 Å². The molecule has 0 N–H and O–H groups in total. The van der Waals surface area contributed by atoms with E-state index in [2.05, 4.69) is 6.92 Å². The molecule has 0 aromatic rings. The zero-order valence-corrected chi connectivity index (χ0v) is 5.98. The van der Waals surface area contributed by atoms with E-state index in [4.69, 9.17) is 16.3 Å². The first kappa shape index (κ1) is 6.37. The van der Waals surface area contributed by atoms with Crippen LogP contribution in [0, 0.1) is 5.92 Å². The summed E-state index contributed by atoms with van der Waals surface area (Å²) in [6, 6.07) is 0. The van der Waals surface area contributed by atoms with Crippen LogP contribution in [-0.2, 0) is 4.74 Å². The van der Waals surface area contributed by atoms with Gasteiger partial charge >= 0.3 is 0 Å². The third-order valence-electron chi connectivity index (χ3n) is 1.55. The van der Waals surface area contributed by atoms with E-state index in [9.17, 15) is 0 Å². The van der Waals surface area contributed by atoms with Crippen LogP contribution in [0.15, 0.2) is 0 Å². The minimum absolute atomic E-state index is 0.287. The van der Waals surface area contributed by atoms with Crippen LogP contribution in [0.4, 0.5) is 0 Å². The summed E-state index contributed by atoms with van der Waals surface area (Å²) < 4.78 is 5.25. The molecule has 0 unspecified atom stereocenters. The van der Waals surface area contributed by atoms with Crippen LogP contribution >= 0.6 is 11.6 Å². The van der Waals surface area contributed by atoms with E-state index in [0.717, 1.165) is 6.61 Å². The highest BCUT2D eigenvalue weighted by Crippen LogP contribution is 2.38. The van der Waals surface area contributed by atoms with E-state index in [1.165, 1.54) is 0 Å². The molecule has 1 rings (SSSR count). The summed E-state index contributed by atoms with van der Waals surface area (Å²) in [5.74, 6) is 0.580. The topological polar surface area (TPSA) is 9.23 Å². The Bertz CT molecular complexity index is 76.6. The van der Waals surface area contributed by atoms with Gasteiger partial charge in [0.15, 0.2) is 0 Å². The molecule has 48 valence electrons. The van der Waals surface area contributed by atoms with E-state index in [1.807, 2.05) is 6.92 Å². The Labute approximate surface area is 55.0 Å². The molecule has 0 aromatic heterocycles. The molecular weight excluding hydrogens is 124 g/mol. The Kier molecular flexibility index (Phi) is 1.78.